The van der Waals surface area contributed by atoms with Gasteiger partial charge < -0.3 is 15.3 Å². The van der Waals surface area contributed by atoms with Crippen LogP contribution in [0.25, 0.3) is 0 Å². The highest BCUT2D eigenvalue weighted by atomic mass is 16.3. The molecule has 1 aliphatic rings. The van der Waals surface area contributed by atoms with E-state index in [1.54, 1.807) is 0 Å². The molecule has 4 heteroatoms. The molecular weight excluding hydrogens is 228 g/mol. The number of aliphatic hydroxyl groups excluding tert-OH is 1. The molecule has 1 saturated heterocycles. The highest BCUT2D eigenvalue weighted by Gasteiger charge is 2.34. The van der Waals surface area contributed by atoms with E-state index in [2.05, 4.69) is 31.0 Å². The van der Waals surface area contributed by atoms with Crippen LogP contribution in [0.2, 0.25) is 0 Å². The second kappa shape index (κ2) is 6.02. The summed E-state index contributed by atoms with van der Waals surface area (Å²) in [6.45, 7) is 12.2. The van der Waals surface area contributed by atoms with Crippen molar-refractivity contribution in [1.29, 1.82) is 0 Å². The highest BCUT2D eigenvalue weighted by molar-refractivity contribution is 5.81. The third-order valence-corrected chi connectivity index (χ3v) is 3.96. The molecule has 0 saturated carbocycles. The van der Waals surface area contributed by atoms with E-state index in [9.17, 15) is 9.90 Å². The Hall–Kier alpha value is -0.610. The number of amides is 1. The summed E-state index contributed by atoms with van der Waals surface area (Å²) in [5.41, 5.74) is -0.168. The molecule has 106 valence electrons. The lowest BCUT2D eigenvalue weighted by Crippen LogP contribution is -2.56. The number of nitrogens with one attached hydrogen (secondary N) is 1. The molecule has 1 rings (SSSR count). The number of nitrogens with zero attached hydrogens (tertiary/aromatic N) is 1. The number of carbonyl (C=O) groups is 1. The van der Waals surface area contributed by atoms with Gasteiger partial charge in [0, 0.05) is 24.7 Å². The normalized spacial score (nSPS) is 22.2. The predicted molar refractivity (Wildman–Crippen MR) is 73.3 cm³/mol. The molecule has 1 heterocycles. The quantitative estimate of drug-likeness (QED) is 0.799. The fourth-order valence-corrected chi connectivity index (χ4v) is 2.33. The maximum Gasteiger partial charge on any atom is 0.249 e. The molecule has 0 radical (unpaired) electrons. The second-order valence-electron chi connectivity index (χ2n) is 6.37. The third-order valence-electron chi connectivity index (χ3n) is 3.96. The zero-order valence-electron chi connectivity index (χ0n) is 12.4. The van der Waals surface area contributed by atoms with Gasteiger partial charge >= 0.3 is 0 Å². The van der Waals surface area contributed by atoms with Crippen molar-refractivity contribution in [2.75, 3.05) is 13.1 Å². The molecule has 0 aromatic carbocycles. The van der Waals surface area contributed by atoms with E-state index in [0.717, 1.165) is 25.9 Å². The number of carbonyl (C=O) groups excluding carboxylic acids is 1. The minimum absolute atomic E-state index is 0.0376. The smallest absolute Gasteiger partial charge is 0.249 e. The monoisotopic (exact) mass is 256 g/mol. The average Bonchev–Trinajstić information content (AvgIpc) is 2.27. The minimum atomic E-state index is -0.898. The van der Waals surface area contributed by atoms with Crippen molar-refractivity contribution in [2.24, 2.45) is 5.92 Å². The van der Waals surface area contributed by atoms with Crippen LogP contribution in [0, 0.1) is 5.92 Å². The molecule has 0 aromatic rings. The van der Waals surface area contributed by atoms with Crippen LogP contribution in [0.5, 0.6) is 0 Å². The summed E-state index contributed by atoms with van der Waals surface area (Å²) in [5, 5.41) is 12.8. The van der Waals surface area contributed by atoms with Crippen molar-refractivity contribution in [2.45, 2.75) is 65.1 Å². The SMILES string of the molecule is CC(C)C(O)C(=O)NC1(C)CCN(C(C)C)CC1. The number of rotatable bonds is 4. The van der Waals surface area contributed by atoms with Crippen molar-refractivity contribution in [3.63, 3.8) is 0 Å². The Morgan fingerprint density at radius 2 is 1.72 bits per heavy atom. The van der Waals surface area contributed by atoms with Gasteiger partial charge in [-0.1, -0.05) is 13.8 Å². The summed E-state index contributed by atoms with van der Waals surface area (Å²) in [6.07, 6.45) is 0.994. The molecule has 0 aliphatic carbocycles. The van der Waals surface area contributed by atoms with E-state index in [1.807, 2.05) is 13.8 Å². The van der Waals surface area contributed by atoms with Crippen molar-refractivity contribution in [3.05, 3.63) is 0 Å². The first-order chi connectivity index (χ1) is 8.25. The standard InChI is InChI=1S/C14H28N2O2/c1-10(2)12(17)13(18)15-14(5)6-8-16(9-7-14)11(3)4/h10-12,17H,6-9H2,1-5H3,(H,15,18). The Balaban J connectivity index is 2.50. The zero-order valence-corrected chi connectivity index (χ0v) is 12.4. The van der Waals surface area contributed by atoms with Crippen molar-refractivity contribution < 1.29 is 9.90 Å². The Morgan fingerprint density at radius 1 is 1.22 bits per heavy atom. The van der Waals surface area contributed by atoms with Crippen molar-refractivity contribution >= 4 is 5.91 Å². The van der Waals surface area contributed by atoms with Gasteiger partial charge in [-0.05, 0) is 39.5 Å². The second-order valence-corrected chi connectivity index (χ2v) is 6.37. The van der Waals surface area contributed by atoms with Crippen LogP contribution in [-0.4, -0.2) is 46.7 Å². The Bertz CT molecular complexity index is 282. The number of hydrogen-bond acceptors (Lipinski definition) is 3. The van der Waals surface area contributed by atoms with Crippen LogP contribution < -0.4 is 5.32 Å². The average molecular weight is 256 g/mol. The highest BCUT2D eigenvalue weighted by Crippen LogP contribution is 2.23. The van der Waals surface area contributed by atoms with Crippen LogP contribution in [0.3, 0.4) is 0 Å². The van der Waals surface area contributed by atoms with Gasteiger partial charge in [-0.3, -0.25) is 4.79 Å². The van der Waals surface area contributed by atoms with E-state index in [0.29, 0.717) is 6.04 Å². The largest absolute Gasteiger partial charge is 0.383 e. The molecule has 0 spiro atoms. The Morgan fingerprint density at radius 3 is 2.11 bits per heavy atom. The summed E-state index contributed by atoms with van der Waals surface area (Å²) < 4.78 is 0. The molecule has 0 aromatic heterocycles. The fraction of sp³-hybridized carbons (Fsp3) is 0.929. The number of piperidine rings is 1. The molecule has 1 atom stereocenters. The van der Waals surface area contributed by atoms with E-state index >= 15 is 0 Å². The lowest BCUT2D eigenvalue weighted by molar-refractivity contribution is -0.133. The van der Waals surface area contributed by atoms with Gasteiger partial charge in [-0.2, -0.15) is 0 Å². The summed E-state index contributed by atoms with van der Waals surface area (Å²) in [7, 11) is 0. The summed E-state index contributed by atoms with van der Waals surface area (Å²) in [5.74, 6) is -0.269. The van der Waals surface area contributed by atoms with Crippen molar-refractivity contribution in [1.82, 2.24) is 10.2 Å². The molecular formula is C14H28N2O2. The van der Waals surface area contributed by atoms with Gasteiger partial charge in [0.25, 0.3) is 0 Å². The van der Waals surface area contributed by atoms with E-state index in [1.165, 1.54) is 0 Å². The zero-order chi connectivity index (χ0) is 13.9. The molecule has 4 nitrogen and oxygen atoms in total. The third kappa shape index (κ3) is 3.95. The van der Waals surface area contributed by atoms with Gasteiger partial charge in [0.2, 0.25) is 5.91 Å². The topological polar surface area (TPSA) is 52.6 Å². The van der Waals surface area contributed by atoms with Gasteiger partial charge in [0.05, 0.1) is 0 Å². The molecule has 1 aliphatic heterocycles. The molecule has 1 unspecified atom stereocenters. The maximum atomic E-state index is 11.9. The first kappa shape index (κ1) is 15.4. The van der Waals surface area contributed by atoms with Gasteiger partial charge in [-0.15, -0.1) is 0 Å². The van der Waals surface area contributed by atoms with Crippen molar-refractivity contribution in [3.8, 4) is 0 Å². The number of aliphatic hydroxyl groups is 1. The van der Waals surface area contributed by atoms with E-state index in [4.69, 9.17) is 0 Å². The first-order valence-electron chi connectivity index (χ1n) is 6.99. The molecule has 0 bridgehead atoms. The van der Waals surface area contributed by atoms with Crippen LogP contribution >= 0.6 is 0 Å². The summed E-state index contributed by atoms with van der Waals surface area (Å²) >= 11 is 0. The molecule has 1 amide bonds. The van der Waals surface area contributed by atoms with Gasteiger partial charge in [-0.25, -0.2) is 0 Å². The van der Waals surface area contributed by atoms with Crippen LogP contribution in [0.1, 0.15) is 47.5 Å². The Labute approximate surface area is 111 Å². The lowest BCUT2D eigenvalue weighted by Gasteiger charge is -2.42. The van der Waals surface area contributed by atoms with Crippen LogP contribution in [-0.2, 0) is 4.79 Å². The minimum Gasteiger partial charge on any atom is -0.383 e. The first-order valence-corrected chi connectivity index (χ1v) is 6.99. The fourth-order valence-electron chi connectivity index (χ4n) is 2.33. The molecule has 18 heavy (non-hydrogen) atoms. The molecule has 2 N–H and O–H groups in total. The number of likely N-dealkylation sites (tertiary alicyclic amines) is 1. The lowest BCUT2D eigenvalue weighted by atomic mass is 9.88. The summed E-state index contributed by atoms with van der Waals surface area (Å²) in [6, 6.07) is 0.562. The van der Waals surface area contributed by atoms with Crippen LogP contribution in [0.15, 0.2) is 0 Å². The number of hydrogen-bond donors (Lipinski definition) is 2. The van der Waals surface area contributed by atoms with Crippen LogP contribution in [0.4, 0.5) is 0 Å². The van der Waals surface area contributed by atoms with Gasteiger partial charge in [0.1, 0.15) is 6.10 Å². The maximum absolute atomic E-state index is 11.9. The summed E-state index contributed by atoms with van der Waals surface area (Å²) in [4.78, 5) is 14.3. The van der Waals surface area contributed by atoms with Gasteiger partial charge in [0.15, 0.2) is 0 Å². The molecule has 1 fully saturated rings. The van der Waals surface area contributed by atoms with E-state index in [-0.39, 0.29) is 17.4 Å². The predicted octanol–water partition coefficient (Wildman–Crippen LogP) is 1.38. The Kier molecular flexibility index (Phi) is 5.17. The van der Waals surface area contributed by atoms with E-state index < -0.39 is 6.10 Å².